The third-order valence-electron chi connectivity index (χ3n) is 2.59. The fourth-order valence-corrected chi connectivity index (χ4v) is 1.56. The lowest BCUT2D eigenvalue weighted by molar-refractivity contribution is 0.0830. The smallest absolute Gasteiger partial charge is 0.240 e. The highest BCUT2D eigenvalue weighted by Gasteiger charge is 2.23. The highest BCUT2D eigenvalue weighted by Crippen LogP contribution is 2.25. The molecule has 0 aromatic carbocycles. The Morgan fingerprint density at radius 2 is 1.94 bits per heavy atom. The first-order chi connectivity index (χ1) is 8.17. The quantitative estimate of drug-likeness (QED) is 0.794. The van der Waals surface area contributed by atoms with Gasteiger partial charge in [0.25, 0.3) is 0 Å². The lowest BCUT2D eigenvalue weighted by Gasteiger charge is -2.22. The Kier molecular flexibility index (Phi) is 5.11. The second-order valence-electron chi connectivity index (χ2n) is 3.51. The molecule has 6 nitrogen and oxygen atoms in total. The zero-order valence-electron chi connectivity index (χ0n) is 10.9. The number of ether oxygens (including phenoxy) is 3. The Hall–Kier alpha value is -1.40. The predicted molar refractivity (Wildman–Crippen MR) is 63.4 cm³/mol. The van der Waals surface area contributed by atoms with Crippen molar-refractivity contribution in [3.63, 3.8) is 0 Å². The lowest BCUT2D eigenvalue weighted by Crippen LogP contribution is -2.30. The normalized spacial score (nSPS) is 14.2. The minimum Gasteiger partial charge on any atom is -0.480 e. The van der Waals surface area contributed by atoms with Crippen molar-refractivity contribution in [2.75, 3.05) is 28.4 Å². The van der Waals surface area contributed by atoms with E-state index in [1.54, 1.807) is 20.4 Å². The van der Waals surface area contributed by atoms with Gasteiger partial charge >= 0.3 is 0 Å². The molecule has 1 aromatic rings. The molecule has 1 rings (SSSR count). The largest absolute Gasteiger partial charge is 0.480 e. The molecule has 1 heterocycles. The van der Waals surface area contributed by atoms with Crippen molar-refractivity contribution in [2.24, 2.45) is 0 Å². The average molecular weight is 241 g/mol. The van der Waals surface area contributed by atoms with Crippen LogP contribution in [0.4, 0.5) is 0 Å². The maximum absolute atomic E-state index is 5.30. The summed E-state index contributed by atoms with van der Waals surface area (Å²) in [4.78, 5) is 8.50. The SMILES string of the molecule is CNC(c1ncc(OC)nc1OC)C(C)OC. The van der Waals surface area contributed by atoms with Gasteiger partial charge < -0.3 is 19.5 Å². The molecule has 1 aromatic heterocycles. The van der Waals surface area contributed by atoms with E-state index in [1.807, 2.05) is 14.0 Å². The maximum atomic E-state index is 5.30. The van der Waals surface area contributed by atoms with Crippen molar-refractivity contribution in [3.05, 3.63) is 11.9 Å². The van der Waals surface area contributed by atoms with E-state index >= 15 is 0 Å². The van der Waals surface area contributed by atoms with Crippen LogP contribution < -0.4 is 14.8 Å². The van der Waals surface area contributed by atoms with E-state index in [2.05, 4.69) is 15.3 Å². The van der Waals surface area contributed by atoms with Gasteiger partial charge in [-0.1, -0.05) is 0 Å². The third-order valence-corrected chi connectivity index (χ3v) is 2.59. The number of nitrogens with zero attached hydrogens (tertiary/aromatic N) is 2. The first-order valence-electron chi connectivity index (χ1n) is 5.32. The van der Waals surface area contributed by atoms with E-state index in [1.165, 1.54) is 7.11 Å². The second kappa shape index (κ2) is 6.36. The maximum Gasteiger partial charge on any atom is 0.240 e. The van der Waals surface area contributed by atoms with Crippen molar-refractivity contribution < 1.29 is 14.2 Å². The van der Waals surface area contributed by atoms with E-state index in [-0.39, 0.29) is 12.1 Å². The average Bonchev–Trinajstić information content (AvgIpc) is 2.39. The summed E-state index contributed by atoms with van der Waals surface area (Å²) in [6.45, 7) is 1.95. The molecule has 0 amide bonds. The van der Waals surface area contributed by atoms with E-state index < -0.39 is 0 Å². The Bertz CT molecular complexity index is 360. The fourth-order valence-electron chi connectivity index (χ4n) is 1.56. The van der Waals surface area contributed by atoms with Crippen LogP contribution in [0.3, 0.4) is 0 Å². The summed E-state index contributed by atoms with van der Waals surface area (Å²) in [5.41, 5.74) is 0.699. The van der Waals surface area contributed by atoms with Gasteiger partial charge in [0.15, 0.2) is 0 Å². The summed E-state index contributed by atoms with van der Waals surface area (Å²) in [5.74, 6) is 0.859. The number of rotatable bonds is 6. The van der Waals surface area contributed by atoms with E-state index in [4.69, 9.17) is 14.2 Å². The summed E-state index contributed by atoms with van der Waals surface area (Å²) < 4.78 is 15.5. The van der Waals surface area contributed by atoms with Gasteiger partial charge in [-0.15, -0.1) is 0 Å². The number of aromatic nitrogens is 2. The highest BCUT2D eigenvalue weighted by molar-refractivity contribution is 5.26. The third kappa shape index (κ3) is 3.04. The van der Waals surface area contributed by atoms with Gasteiger partial charge in [-0.25, -0.2) is 4.98 Å². The van der Waals surface area contributed by atoms with Gasteiger partial charge in [-0.05, 0) is 14.0 Å². The van der Waals surface area contributed by atoms with Crippen LogP contribution in [0.1, 0.15) is 18.7 Å². The van der Waals surface area contributed by atoms with Crippen LogP contribution in [-0.2, 0) is 4.74 Å². The Morgan fingerprint density at radius 3 is 2.41 bits per heavy atom. The van der Waals surface area contributed by atoms with Crippen LogP contribution in [0.25, 0.3) is 0 Å². The van der Waals surface area contributed by atoms with Gasteiger partial charge in [0.1, 0.15) is 5.69 Å². The van der Waals surface area contributed by atoms with Crippen molar-refractivity contribution in [1.82, 2.24) is 15.3 Å². The van der Waals surface area contributed by atoms with Gasteiger partial charge in [0, 0.05) is 7.11 Å². The molecule has 0 saturated heterocycles. The number of methoxy groups -OCH3 is 3. The fraction of sp³-hybridized carbons (Fsp3) is 0.636. The topological polar surface area (TPSA) is 65.5 Å². The van der Waals surface area contributed by atoms with Crippen LogP contribution >= 0.6 is 0 Å². The van der Waals surface area contributed by atoms with E-state index in [0.29, 0.717) is 17.5 Å². The van der Waals surface area contributed by atoms with Gasteiger partial charge in [0.05, 0.1) is 32.6 Å². The molecule has 0 bridgehead atoms. The minimum absolute atomic E-state index is 0.0448. The molecule has 1 N–H and O–H groups in total. The Morgan fingerprint density at radius 1 is 1.24 bits per heavy atom. The van der Waals surface area contributed by atoms with Crippen LogP contribution in [0, 0.1) is 0 Å². The highest BCUT2D eigenvalue weighted by atomic mass is 16.5. The molecule has 0 aliphatic carbocycles. The molecule has 96 valence electrons. The van der Waals surface area contributed by atoms with Crippen LogP contribution in [0.2, 0.25) is 0 Å². The Labute approximate surface area is 101 Å². The second-order valence-corrected chi connectivity index (χ2v) is 3.51. The molecular formula is C11H19N3O3. The standard InChI is InChI=1S/C11H19N3O3/c1-7(15-3)9(12-2)10-11(17-5)14-8(16-4)6-13-10/h6-7,9,12H,1-5H3. The summed E-state index contributed by atoms with van der Waals surface area (Å²) >= 11 is 0. The molecule has 2 atom stereocenters. The minimum atomic E-state index is -0.0895. The molecule has 6 heteroatoms. The Balaban J connectivity index is 3.10. The molecule has 0 aliphatic rings. The first kappa shape index (κ1) is 13.7. The summed E-state index contributed by atoms with van der Waals surface area (Å²) in [6, 6.07) is -0.0895. The van der Waals surface area contributed by atoms with Gasteiger partial charge in [-0.2, -0.15) is 4.98 Å². The molecule has 17 heavy (non-hydrogen) atoms. The molecule has 0 aliphatic heterocycles. The molecule has 0 saturated carbocycles. The van der Waals surface area contributed by atoms with Crippen LogP contribution in [-0.4, -0.2) is 44.4 Å². The molecule has 0 radical (unpaired) electrons. The molecule has 2 unspecified atom stereocenters. The zero-order chi connectivity index (χ0) is 12.8. The van der Waals surface area contributed by atoms with Crippen molar-refractivity contribution >= 4 is 0 Å². The lowest BCUT2D eigenvalue weighted by atomic mass is 10.1. The zero-order valence-corrected chi connectivity index (χ0v) is 10.9. The van der Waals surface area contributed by atoms with E-state index in [0.717, 1.165) is 0 Å². The van der Waals surface area contributed by atoms with Crippen LogP contribution in [0.15, 0.2) is 6.20 Å². The number of likely N-dealkylation sites (N-methyl/N-ethyl adjacent to an activating group) is 1. The van der Waals surface area contributed by atoms with Crippen LogP contribution in [0.5, 0.6) is 11.8 Å². The first-order valence-corrected chi connectivity index (χ1v) is 5.32. The van der Waals surface area contributed by atoms with Crippen molar-refractivity contribution in [1.29, 1.82) is 0 Å². The van der Waals surface area contributed by atoms with Crippen molar-refractivity contribution in [3.8, 4) is 11.8 Å². The summed E-state index contributed by atoms with van der Waals surface area (Å²) in [7, 11) is 6.58. The van der Waals surface area contributed by atoms with Gasteiger partial charge in [-0.3, -0.25) is 0 Å². The molecular weight excluding hydrogens is 222 g/mol. The van der Waals surface area contributed by atoms with Gasteiger partial charge in [0.2, 0.25) is 11.8 Å². The molecule has 0 spiro atoms. The summed E-state index contributed by atoms with van der Waals surface area (Å²) in [6.07, 6.45) is 1.52. The van der Waals surface area contributed by atoms with E-state index in [9.17, 15) is 0 Å². The predicted octanol–water partition coefficient (Wildman–Crippen LogP) is 0.789. The number of hydrogen-bond donors (Lipinski definition) is 1. The number of nitrogens with one attached hydrogen (secondary N) is 1. The monoisotopic (exact) mass is 241 g/mol. The number of hydrogen-bond acceptors (Lipinski definition) is 6. The van der Waals surface area contributed by atoms with Crippen molar-refractivity contribution in [2.45, 2.75) is 19.1 Å². The molecule has 0 fully saturated rings. The summed E-state index contributed by atoms with van der Waals surface area (Å²) in [5, 5.41) is 3.13.